The summed E-state index contributed by atoms with van der Waals surface area (Å²) in [5, 5.41) is 0. The third-order valence-corrected chi connectivity index (χ3v) is 6.39. The summed E-state index contributed by atoms with van der Waals surface area (Å²) in [4.78, 5) is 23.4. The van der Waals surface area contributed by atoms with Crippen LogP contribution in [-0.2, 0) is 30.8 Å². The van der Waals surface area contributed by atoms with Gasteiger partial charge in [0.15, 0.2) is 0 Å². The first kappa shape index (κ1) is 21.9. The summed E-state index contributed by atoms with van der Waals surface area (Å²) in [6.07, 6.45) is 0. The third kappa shape index (κ3) is 4.84. The fourth-order valence-corrected chi connectivity index (χ4v) is 4.39. The van der Waals surface area contributed by atoms with Gasteiger partial charge in [0.25, 0.3) is 0 Å². The summed E-state index contributed by atoms with van der Waals surface area (Å²) in [7, 11) is -2.86. The largest absolute Gasteiger partial charge is 0.465 e. The molecule has 0 aromatic heterocycles. The van der Waals surface area contributed by atoms with E-state index in [1.165, 1.54) is 13.2 Å². The van der Waals surface area contributed by atoms with Crippen LogP contribution < -0.4 is 0 Å². The van der Waals surface area contributed by atoms with E-state index in [1.54, 1.807) is 18.2 Å². The minimum Gasteiger partial charge on any atom is -0.465 e. The van der Waals surface area contributed by atoms with Crippen LogP contribution in [0.1, 0.15) is 26.3 Å². The van der Waals surface area contributed by atoms with Gasteiger partial charge < -0.3 is 14.2 Å². The Labute approximate surface area is 173 Å². The number of halogens is 1. The Kier molecular flexibility index (Phi) is 6.80. The average molecular weight is 437 g/mol. The number of morpholine rings is 1. The molecule has 0 radical (unpaired) electrons. The van der Waals surface area contributed by atoms with Crippen LogP contribution in [0.2, 0.25) is 0 Å². The molecular weight excluding hydrogens is 417 g/mol. The van der Waals surface area contributed by atoms with Gasteiger partial charge in [-0.05, 0) is 35.9 Å². The molecule has 0 aliphatic carbocycles. The first-order valence-electron chi connectivity index (χ1n) is 9.05. The molecule has 0 atom stereocenters. The van der Waals surface area contributed by atoms with Crippen LogP contribution >= 0.6 is 0 Å². The zero-order valence-corrected chi connectivity index (χ0v) is 17.0. The minimum atomic E-state index is -4.11. The molecule has 2 aromatic carbocycles. The van der Waals surface area contributed by atoms with E-state index in [9.17, 15) is 22.4 Å². The summed E-state index contributed by atoms with van der Waals surface area (Å²) in [5.41, 5.74) is 0.730. The molecule has 1 aliphatic rings. The van der Waals surface area contributed by atoms with Crippen LogP contribution in [0, 0.1) is 5.82 Å². The number of esters is 2. The molecule has 160 valence electrons. The zero-order chi connectivity index (χ0) is 21.7. The molecule has 10 heteroatoms. The number of ether oxygens (including phenoxy) is 3. The van der Waals surface area contributed by atoms with Crippen LogP contribution in [0.3, 0.4) is 0 Å². The lowest BCUT2D eigenvalue weighted by Crippen LogP contribution is -2.41. The maximum Gasteiger partial charge on any atom is 0.338 e. The smallest absolute Gasteiger partial charge is 0.338 e. The Hall–Kier alpha value is -2.82. The lowest BCUT2D eigenvalue weighted by atomic mass is 10.1. The second-order valence-corrected chi connectivity index (χ2v) is 8.34. The number of carbonyl (C=O) groups is 2. The normalized spacial score (nSPS) is 14.9. The standard InChI is InChI=1S/C20H20FNO7S/c1-27-19(23)15-4-2-3-14(11-15)13-29-20(24)16-5-6-17(21)18(12-16)30(25,26)22-7-9-28-10-8-22/h2-6,11-12H,7-10,13H2,1H3. The molecule has 0 saturated carbocycles. The Morgan fingerprint density at radius 3 is 2.47 bits per heavy atom. The van der Waals surface area contributed by atoms with Crippen LogP contribution in [0.5, 0.6) is 0 Å². The highest BCUT2D eigenvalue weighted by Gasteiger charge is 2.30. The first-order valence-corrected chi connectivity index (χ1v) is 10.5. The number of rotatable bonds is 6. The van der Waals surface area contributed by atoms with Crippen molar-refractivity contribution >= 4 is 22.0 Å². The van der Waals surface area contributed by atoms with Crippen LogP contribution in [0.25, 0.3) is 0 Å². The Balaban J connectivity index is 1.76. The van der Waals surface area contributed by atoms with Crippen molar-refractivity contribution in [1.29, 1.82) is 0 Å². The molecule has 3 rings (SSSR count). The molecule has 1 saturated heterocycles. The summed E-state index contributed by atoms with van der Waals surface area (Å²) in [6, 6.07) is 9.37. The van der Waals surface area contributed by atoms with Crippen LogP contribution in [0.15, 0.2) is 47.4 Å². The molecule has 0 bridgehead atoms. The summed E-state index contributed by atoms with van der Waals surface area (Å²) in [6.45, 7) is 0.479. The number of hydrogen-bond acceptors (Lipinski definition) is 7. The van der Waals surface area contributed by atoms with E-state index >= 15 is 0 Å². The van der Waals surface area contributed by atoms with E-state index in [-0.39, 0.29) is 38.5 Å². The van der Waals surface area contributed by atoms with Crippen molar-refractivity contribution in [3.8, 4) is 0 Å². The number of carbonyl (C=O) groups excluding carboxylic acids is 2. The van der Waals surface area contributed by atoms with E-state index in [2.05, 4.69) is 4.74 Å². The fraction of sp³-hybridized carbons (Fsp3) is 0.300. The topological polar surface area (TPSA) is 99.2 Å². The Morgan fingerprint density at radius 1 is 1.07 bits per heavy atom. The second-order valence-electron chi connectivity index (χ2n) is 6.43. The van der Waals surface area contributed by atoms with Gasteiger partial charge in [0.2, 0.25) is 10.0 Å². The molecule has 30 heavy (non-hydrogen) atoms. The van der Waals surface area contributed by atoms with E-state index in [1.807, 2.05) is 0 Å². The number of methoxy groups -OCH3 is 1. The molecular formula is C20H20FNO7S. The molecule has 0 unspecified atom stereocenters. The van der Waals surface area contributed by atoms with Crippen molar-refractivity contribution < 1.29 is 36.6 Å². The Bertz CT molecular complexity index is 1050. The second kappa shape index (κ2) is 9.33. The lowest BCUT2D eigenvalue weighted by Gasteiger charge is -2.26. The fourth-order valence-electron chi connectivity index (χ4n) is 2.89. The average Bonchev–Trinajstić information content (AvgIpc) is 2.77. The summed E-state index contributed by atoms with van der Waals surface area (Å²) < 4.78 is 55.8. The molecule has 1 aliphatic heterocycles. The summed E-state index contributed by atoms with van der Waals surface area (Å²) >= 11 is 0. The molecule has 2 aromatic rings. The lowest BCUT2D eigenvalue weighted by molar-refractivity contribution is 0.0472. The van der Waals surface area contributed by atoms with Gasteiger partial charge >= 0.3 is 11.9 Å². The van der Waals surface area contributed by atoms with Gasteiger partial charge in [-0.15, -0.1) is 0 Å². The van der Waals surface area contributed by atoms with Gasteiger partial charge in [0.1, 0.15) is 17.3 Å². The van der Waals surface area contributed by atoms with Gasteiger partial charge in [0.05, 0.1) is 31.5 Å². The van der Waals surface area contributed by atoms with Gasteiger partial charge in [-0.25, -0.2) is 22.4 Å². The maximum absolute atomic E-state index is 14.3. The highest BCUT2D eigenvalue weighted by atomic mass is 32.2. The number of sulfonamides is 1. The highest BCUT2D eigenvalue weighted by Crippen LogP contribution is 2.22. The predicted molar refractivity (Wildman–Crippen MR) is 103 cm³/mol. The van der Waals surface area contributed by atoms with Crippen molar-refractivity contribution in [3.63, 3.8) is 0 Å². The minimum absolute atomic E-state index is 0.104. The van der Waals surface area contributed by atoms with E-state index in [4.69, 9.17) is 9.47 Å². The monoisotopic (exact) mass is 437 g/mol. The van der Waals surface area contributed by atoms with Crippen molar-refractivity contribution in [2.24, 2.45) is 0 Å². The number of benzene rings is 2. The van der Waals surface area contributed by atoms with Crippen molar-refractivity contribution in [3.05, 3.63) is 65.0 Å². The van der Waals surface area contributed by atoms with Crippen LogP contribution in [0.4, 0.5) is 4.39 Å². The first-order chi connectivity index (χ1) is 14.3. The van der Waals surface area contributed by atoms with Crippen molar-refractivity contribution in [2.75, 3.05) is 33.4 Å². The van der Waals surface area contributed by atoms with Crippen molar-refractivity contribution in [1.82, 2.24) is 4.31 Å². The number of nitrogens with zero attached hydrogens (tertiary/aromatic N) is 1. The molecule has 0 spiro atoms. The van der Waals surface area contributed by atoms with Gasteiger partial charge in [-0.3, -0.25) is 0 Å². The predicted octanol–water partition coefficient (Wildman–Crippen LogP) is 1.99. The quantitative estimate of drug-likeness (QED) is 0.637. The number of hydrogen-bond donors (Lipinski definition) is 0. The van der Waals surface area contributed by atoms with E-state index in [0.717, 1.165) is 22.5 Å². The van der Waals surface area contributed by atoms with E-state index in [0.29, 0.717) is 11.1 Å². The highest BCUT2D eigenvalue weighted by molar-refractivity contribution is 7.89. The van der Waals surface area contributed by atoms with Gasteiger partial charge in [-0.1, -0.05) is 12.1 Å². The molecule has 1 fully saturated rings. The molecule has 8 nitrogen and oxygen atoms in total. The summed E-state index contributed by atoms with van der Waals surface area (Å²) in [5.74, 6) is -2.31. The molecule has 1 heterocycles. The Morgan fingerprint density at radius 2 is 1.77 bits per heavy atom. The van der Waals surface area contributed by atoms with Crippen molar-refractivity contribution in [2.45, 2.75) is 11.5 Å². The zero-order valence-electron chi connectivity index (χ0n) is 16.2. The van der Waals surface area contributed by atoms with Crippen LogP contribution in [-0.4, -0.2) is 58.1 Å². The molecule has 0 N–H and O–H groups in total. The van der Waals surface area contributed by atoms with Gasteiger partial charge in [-0.2, -0.15) is 4.31 Å². The SMILES string of the molecule is COC(=O)c1cccc(COC(=O)c2ccc(F)c(S(=O)(=O)N3CCOCC3)c2)c1. The molecule has 0 amide bonds. The van der Waals surface area contributed by atoms with Gasteiger partial charge in [0, 0.05) is 13.1 Å². The van der Waals surface area contributed by atoms with E-state index < -0.39 is 32.7 Å². The maximum atomic E-state index is 14.3. The third-order valence-electron chi connectivity index (χ3n) is 4.47.